The van der Waals surface area contributed by atoms with Gasteiger partial charge in [-0.3, -0.25) is 24.9 Å². The van der Waals surface area contributed by atoms with E-state index in [1.165, 1.54) is 0 Å². The van der Waals surface area contributed by atoms with E-state index >= 15 is 0 Å². The summed E-state index contributed by atoms with van der Waals surface area (Å²) in [5.74, 6) is -0.104. The average molecular weight is 621 g/mol. The quantitative estimate of drug-likeness (QED) is 0.228. The number of aromatic amines is 1. The highest BCUT2D eigenvalue weighted by Gasteiger charge is 2.32. The summed E-state index contributed by atoms with van der Waals surface area (Å²) in [5.41, 5.74) is 13.2. The van der Waals surface area contributed by atoms with Crippen molar-refractivity contribution in [3.8, 4) is 0 Å². The number of rotatable bonds is 4. The van der Waals surface area contributed by atoms with Gasteiger partial charge in [-0.25, -0.2) is 4.99 Å². The number of H-pyrrole nitrogens is 1. The lowest BCUT2D eigenvalue weighted by atomic mass is 9.88. The summed E-state index contributed by atoms with van der Waals surface area (Å²) in [6.07, 6.45) is 27.5. The van der Waals surface area contributed by atoms with Gasteiger partial charge >= 0.3 is 0 Å². The highest BCUT2D eigenvalue weighted by Crippen LogP contribution is 2.38. The number of nitrogens with zero attached hydrogens (tertiary/aromatic N) is 6. The third-order valence-corrected chi connectivity index (χ3v) is 8.93. The SMILES string of the molecule is C1=C/C2=C(\c3cccnc3)c3ccc([nH]3)/C(c3cccnc3)=C3/C=CC(=N3)C(c3cccnc3)C3C=C/C(=C(\c4cccnc4)C1=N2)N3. The predicted octanol–water partition coefficient (Wildman–Crippen LogP) is 6.87. The Morgan fingerprint density at radius 2 is 1.10 bits per heavy atom. The molecule has 0 amide bonds. The predicted molar refractivity (Wildman–Crippen MR) is 189 cm³/mol. The van der Waals surface area contributed by atoms with E-state index in [-0.39, 0.29) is 12.0 Å². The summed E-state index contributed by atoms with van der Waals surface area (Å²) >= 11 is 0. The summed E-state index contributed by atoms with van der Waals surface area (Å²) in [4.78, 5) is 32.2. The standard InChI is InChI=1S/C40H28N8/c1-5-25(21-41-17-1)37-29-9-11-31(45-29)38(26-6-2-18-42-22-26)33-13-15-35(47-33)40(28-8-4-20-44-24-28)36-16-14-34(48-36)39(27-7-3-19-43-23-27)32-12-10-30(37)46-32/h1-24,29,37,45,48H/b38-31-,39-32-,40-35-. The number of pyridine rings is 4. The maximum atomic E-state index is 5.33. The van der Waals surface area contributed by atoms with Crippen LogP contribution in [0.2, 0.25) is 0 Å². The maximum absolute atomic E-state index is 5.33. The first-order valence-corrected chi connectivity index (χ1v) is 15.8. The summed E-state index contributed by atoms with van der Waals surface area (Å²) in [6, 6.07) is 20.3. The molecular formula is C40H28N8. The van der Waals surface area contributed by atoms with Crippen LogP contribution in [0.15, 0.2) is 174 Å². The Kier molecular flexibility index (Phi) is 6.75. The van der Waals surface area contributed by atoms with Crippen LogP contribution >= 0.6 is 0 Å². The first kappa shape index (κ1) is 27.7. The molecule has 0 aromatic carbocycles. The molecule has 2 unspecified atom stereocenters. The van der Waals surface area contributed by atoms with E-state index in [1.54, 1.807) is 24.8 Å². The third kappa shape index (κ3) is 4.87. The molecule has 0 spiro atoms. The van der Waals surface area contributed by atoms with E-state index < -0.39 is 0 Å². The molecule has 0 saturated carbocycles. The average Bonchev–Trinajstić information content (AvgIpc) is 3.98. The largest absolute Gasteiger partial charge is 0.377 e. The molecule has 5 aromatic heterocycles. The van der Waals surface area contributed by atoms with Gasteiger partial charge in [-0.2, -0.15) is 0 Å². The second-order valence-corrected chi connectivity index (χ2v) is 11.8. The Labute approximate surface area is 277 Å². The van der Waals surface area contributed by atoms with Gasteiger partial charge in [-0.1, -0.05) is 30.3 Å². The molecule has 9 rings (SSSR count). The summed E-state index contributed by atoms with van der Waals surface area (Å²) in [7, 11) is 0. The van der Waals surface area contributed by atoms with Crippen LogP contribution in [0, 0.1) is 0 Å². The second kappa shape index (κ2) is 11.7. The van der Waals surface area contributed by atoms with Crippen molar-refractivity contribution in [3.05, 3.63) is 197 Å². The zero-order chi connectivity index (χ0) is 31.9. The molecule has 8 heteroatoms. The van der Waals surface area contributed by atoms with Gasteiger partial charge in [0.05, 0.1) is 34.8 Å². The maximum Gasteiger partial charge on any atom is 0.0737 e. The Bertz CT molecular complexity index is 2290. The second-order valence-electron chi connectivity index (χ2n) is 11.8. The van der Waals surface area contributed by atoms with Gasteiger partial charge in [-0.15, -0.1) is 0 Å². The number of hydrogen-bond acceptors (Lipinski definition) is 7. The number of allylic oxidation sites excluding steroid dienone is 6. The number of fused-ring (bicyclic) bond motifs is 6. The first-order chi connectivity index (χ1) is 23.8. The number of aromatic nitrogens is 5. The topological polar surface area (TPSA) is 104 Å². The molecule has 8 bridgehead atoms. The molecule has 2 atom stereocenters. The molecule has 4 aliphatic heterocycles. The molecule has 4 aliphatic rings. The minimum absolute atomic E-state index is 0.0857. The molecule has 2 N–H and O–H groups in total. The van der Waals surface area contributed by atoms with Crippen LogP contribution < -0.4 is 5.32 Å². The first-order valence-electron chi connectivity index (χ1n) is 15.8. The Morgan fingerprint density at radius 3 is 1.71 bits per heavy atom. The van der Waals surface area contributed by atoms with Gasteiger partial charge < -0.3 is 10.3 Å². The van der Waals surface area contributed by atoms with Gasteiger partial charge in [0.1, 0.15) is 0 Å². The third-order valence-electron chi connectivity index (χ3n) is 8.93. The van der Waals surface area contributed by atoms with E-state index in [1.807, 2.05) is 49.1 Å². The zero-order valence-electron chi connectivity index (χ0n) is 25.7. The lowest BCUT2D eigenvalue weighted by Gasteiger charge is -2.24. The highest BCUT2D eigenvalue weighted by atomic mass is 15.0. The van der Waals surface area contributed by atoms with Crippen LogP contribution in [-0.2, 0) is 0 Å². The molecule has 0 aliphatic carbocycles. The molecule has 228 valence electrons. The normalized spacial score (nSPS) is 24.1. The van der Waals surface area contributed by atoms with Crippen LogP contribution in [0.3, 0.4) is 0 Å². The minimum atomic E-state index is -0.104. The van der Waals surface area contributed by atoms with E-state index in [0.717, 1.165) is 78.9 Å². The molecule has 0 radical (unpaired) electrons. The van der Waals surface area contributed by atoms with Crippen molar-refractivity contribution in [2.45, 2.75) is 12.0 Å². The van der Waals surface area contributed by atoms with Gasteiger partial charge in [0, 0.05) is 100 Å². The summed E-state index contributed by atoms with van der Waals surface area (Å²) in [6.45, 7) is 0. The van der Waals surface area contributed by atoms with Crippen molar-refractivity contribution in [1.29, 1.82) is 0 Å². The van der Waals surface area contributed by atoms with Crippen molar-refractivity contribution in [1.82, 2.24) is 30.2 Å². The monoisotopic (exact) mass is 620 g/mol. The van der Waals surface area contributed by atoms with Crippen LogP contribution in [0.1, 0.15) is 39.6 Å². The Balaban J connectivity index is 1.33. The van der Waals surface area contributed by atoms with Gasteiger partial charge in [0.15, 0.2) is 0 Å². The molecule has 8 nitrogen and oxygen atoms in total. The van der Waals surface area contributed by atoms with Crippen molar-refractivity contribution >= 4 is 28.1 Å². The van der Waals surface area contributed by atoms with Gasteiger partial charge in [-0.05, 0) is 72.3 Å². The van der Waals surface area contributed by atoms with Crippen molar-refractivity contribution in [2.75, 3.05) is 0 Å². The molecule has 5 aromatic rings. The van der Waals surface area contributed by atoms with Crippen LogP contribution in [0.5, 0.6) is 0 Å². The fourth-order valence-electron chi connectivity index (χ4n) is 6.82. The van der Waals surface area contributed by atoms with Crippen molar-refractivity contribution in [3.63, 3.8) is 0 Å². The summed E-state index contributed by atoms with van der Waals surface area (Å²) in [5, 5.41) is 3.85. The van der Waals surface area contributed by atoms with Crippen LogP contribution in [0.25, 0.3) is 16.7 Å². The molecule has 48 heavy (non-hydrogen) atoms. The number of nitrogens with one attached hydrogen (secondary N) is 2. The number of hydrogen-bond donors (Lipinski definition) is 2. The van der Waals surface area contributed by atoms with Crippen molar-refractivity contribution < 1.29 is 0 Å². The molecule has 0 saturated heterocycles. The van der Waals surface area contributed by atoms with Gasteiger partial charge in [0.25, 0.3) is 0 Å². The lowest BCUT2D eigenvalue weighted by Crippen LogP contribution is -2.33. The minimum Gasteiger partial charge on any atom is -0.377 e. The molecule has 0 fully saturated rings. The highest BCUT2D eigenvalue weighted by molar-refractivity contribution is 6.32. The van der Waals surface area contributed by atoms with E-state index in [9.17, 15) is 0 Å². The van der Waals surface area contributed by atoms with Crippen LogP contribution in [0.4, 0.5) is 0 Å². The fraction of sp³-hybridized carbons (Fsp3) is 0.0500. The Hall–Kier alpha value is -6.54. The van der Waals surface area contributed by atoms with Crippen molar-refractivity contribution in [2.24, 2.45) is 9.98 Å². The fourth-order valence-corrected chi connectivity index (χ4v) is 6.82. The van der Waals surface area contributed by atoms with E-state index in [2.05, 4.69) is 103 Å². The van der Waals surface area contributed by atoms with Crippen LogP contribution in [-0.4, -0.2) is 42.4 Å². The number of aliphatic imine (C=N–C) groups is 2. The summed E-state index contributed by atoms with van der Waals surface area (Å²) < 4.78 is 0. The molecular weight excluding hydrogens is 592 g/mol. The van der Waals surface area contributed by atoms with Gasteiger partial charge in [0.2, 0.25) is 0 Å². The van der Waals surface area contributed by atoms with E-state index in [0.29, 0.717) is 0 Å². The van der Waals surface area contributed by atoms with E-state index in [4.69, 9.17) is 9.98 Å². The smallest absolute Gasteiger partial charge is 0.0737 e. The lowest BCUT2D eigenvalue weighted by molar-refractivity contribution is 0.664. The zero-order valence-corrected chi connectivity index (χ0v) is 25.7. The Morgan fingerprint density at radius 1 is 0.521 bits per heavy atom. The molecule has 9 heterocycles.